The van der Waals surface area contributed by atoms with Gasteiger partial charge < -0.3 is 29.3 Å². The van der Waals surface area contributed by atoms with Gasteiger partial charge in [-0.25, -0.2) is 4.57 Å². The first-order valence-corrected chi connectivity index (χ1v) is 21.9. The van der Waals surface area contributed by atoms with Gasteiger partial charge in [0.2, 0.25) is 0 Å². The molecule has 1 aliphatic heterocycles. The van der Waals surface area contributed by atoms with E-state index in [1.807, 2.05) is 0 Å². The zero-order valence-electron chi connectivity index (χ0n) is 33.1. The van der Waals surface area contributed by atoms with E-state index in [4.69, 9.17) is 23.8 Å². The number of hydrogen-bond acceptors (Lipinski definition) is 10. The minimum absolute atomic E-state index is 0.116. The third-order valence-electron chi connectivity index (χ3n) is 8.90. The van der Waals surface area contributed by atoms with Crippen molar-refractivity contribution >= 4 is 19.8 Å². The highest BCUT2D eigenvalue weighted by molar-refractivity contribution is 7.47. The number of epoxide rings is 1. The Kier molecular flexibility index (Phi) is 30.1. The summed E-state index contributed by atoms with van der Waals surface area (Å²) in [5.74, 6) is -0.237. The van der Waals surface area contributed by atoms with Crippen molar-refractivity contribution < 1.29 is 52.5 Å². The molecular weight excluding hydrogens is 699 g/mol. The van der Waals surface area contributed by atoms with Gasteiger partial charge in [0, 0.05) is 12.8 Å². The maximum Gasteiger partial charge on any atom is 0.472 e. The summed E-state index contributed by atoms with van der Waals surface area (Å²) in [7, 11) is -4.63. The maximum absolute atomic E-state index is 12.6. The van der Waals surface area contributed by atoms with E-state index >= 15 is 0 Å². The van der Waals surface area contributed by atoms with Gasteiger partial charge in [-0.1, -0.05) is 128 Å². The Labute approximate surface area is 320 Å². The molecule has 0 aromatic heterocycles. The molecule has 11 nitrogen and oxygen atoms in total. The smallest absolute Gasteiger partial charge is 0.462 e. The van der Waals surface area contributed by atoms with E-state index in [1.54, 1.807) is 0 Å². The molecule has 0 spiro atoms. The summed E-state index contributed by atoms with van der Waals surface area (Å²) >= 11 is 0. The van der Waals surface area contributed by atoms with Gasteiger partial charge in [0.25, 0.3) is 0 Å². The van der Waals surface area contributed by atoms with E-state index in [1.165, 1.54) is 57.8 Å². The van der Waals surface area contributed by atoms with Crippen LogP contribution in [-0.2, 0) is 37.4 Å². The van der Waals surface area contributed by atoms with Crippen LogP contribution in [0, 0.1) is 5.92 Å². The molecule has 0 aromatic rings. The molecule has 1 saturated heterocycles. The predicted octanol–water partition coefficient (Wildman–Crippen LogP) is 9.23. The average Bonchev–Trinajstić information content (AvgIpc) is 3.88. The SMILES string of the molecule is CCCCC/C=C\C/C=C\C/C=C\CC1OC1CCCC(=O)OC[C@H](COP(=O)(O)OC[C@@H](O)CO)OC(=O)CCCCCCCCCCCC(C)C. The maximum atomic E-state index is 12.6. The summed E-state index contributed by atoms with van der Waals surface area (Å²) < 4.78 is 38.4. The second-order valence-electron chi connectivity index (χ2n) is 14.5. The minimum atomic E-state index is -4.63. The zero-order valence-corrected chi connectivity index (χ0v) is 34.0. The van der Waals surface area contributed by atoms with Crippen molar-refractivity contribution in [3.05, 3.63) is 36.5 Å². The number of aliphatic hydroxyl groups is 2. The Morgan fingerprint density at radius 2 is 1.34 bits per heavy atom. The van der Waals surface area contributed by atoms with Crippen molar-refractivity contribution in [1.29, 1.82) is 0 Å². The van der Waals surface area contributed by atoms with Gasteiger partial charge in [-0.2, -0.15) is 0 Å². The van der Waals surface area contributed by atoms with Gasteiger partial charge in [0.05, 0.1) is 32.0 Å². The molecule has 12 heteroatoms. The summed E-state index contributed by atoms with van der Waals surface area (Å²) in [6, 6.07) is 0. The molecule has 0 aromatic carbocycles. The molecule has 0 amide bonds. The van der Waals surface area contributed by atoms with Crippen molar-refractivity contribution in [3.8, 4) is 0 Å². The Morgan fingerprint density at radius 1 is 0.736 bits per heavy atom. The van der Waals surface area contributed by atoms with Gasteiger partial charge >= 0.3 is 19.8 Å². The second-order valence-corrected chi connectivity index (χ2v) is 16.0. The molecule has 53 heavy (non-hydrogen) atoms. The first-order chi connectivity index (χ1) is 25.6. The Bertz CT molecular complexity index is 1060. The molecule has 5 atom stereocenters. The molecule has 0 radical (unpaired) electrons. The molecule has 3 N–H and O–H groups in total. The van der Waals surface area contributed by atoms with Crippen LogP contribution in [0.25, 0.3) is 0 Å². The zero-order chi connectivity index (χ0) is 39.0. The van der Waals surface area contributed by atoms with Gasteiger partial charge in [-0.15, -0.1) is 0 Å². The molecule has 3 unspecified atom stereocenters. The lowest BCUT2D eigenvalue weighted by Crippen LogP contribution is -2.29. The van der Waals surface area contributed by atoms with Crippen LogP contribution in [0.3, 0.4) is 0 Å². The third kappa shape index (κ3) is 31.1. The van der Waals surface area contributed by atoms with E-state index in [2.05, 4.69) is 61.8 Å². The van der Waals surface area contributed by atoms with E-state index in [0.717, 1.165) is 57.3 Å². The molecule has 1 rings (SSSR count). The monoisotopic (exact) mass is 772 g/mol. The van der Waals surface area contributed by atoms with E-state index < -0.39 is 51.8 Å². The van der Waals surface area contributed by atoms with Crippen LogP contribution in [0.2, 0.25) is 0 Å². The fourth-order valence-corrected chi connectivity index (χ4v) is 6.41. The molecule has 308 valence electrons. The highest BCUT2D eigenvalue weighted by Gasteiger charge is 2.36. The minimum Gasteiger partial charge on any atom is -0.462 e. The topological polar surface area (TPSA) is 161 Å². The van der Waals surface area contributed by atoms with E-state index in [0.29, 0.717) is 12.8 Å². The first kappa shape index (κ1) is 49.2. The molecule has 1 heterocycles. The van der Waals surface area contributed by atoms with Crippen LogP contribution in [0.5, 0.6) is 0 Å². The number of hydrogen-bond donors (Lipinski definition) is 3. The molecule has 0 aliphatic carbocycles. The van der Waals surface area contributed by atoms with Crippen LogP contribution in [0.4, 0.5) is 0 Å². The molecule has 0 bridgehead atoms. The number of allylic oxidation sites excluding steroid dienone is 5. The van der Waals surface area contributed by atoms with Crippen LogP contribution in [0.15, 0.2) is 36.5 Å². The van der Waals surface area contributed by atoms with Crippen molar-refractivity contribution in [2.75, 3.05) is 26.4 Å². The number of phosphoric ester groups is 1. The van der Waals surface area contributed by atoms with Crippen molar-refractivity contribution in [1.82, 2.24) is 0 Å². The third-order valence-corrected chi connectivity index (χ3v) is 9.85. The summed E-state index contributed by atoms with van der Waals surface area (Å²) in [5.41, 5.74) is 0. The van der Waals surface area contributed by atoms with Crippen LogP contribution in [-0.4, -0.2) is 77.9 Å². The van der Waals surface area contributed by atoms with Crippen molar-refractivity contribution in [2.24, 2.45) is 5.92 Å². The number of phosphoric acid groups is 1. The van der Waals surface area contributed by atoms with E-state index in [9.17, 15) is 24.2 Å². The number of carbonyl (C=O) groups is 2. The van der Waals surface area contributed by atoms with Gasteiger partial charge in [0.1, 0.15) is 12.7 Å². The fourth-order valence-electron chi connectivity index (χ4n) is 5.62. The number of carbonyl (C=O) groups excluding carboxylic acids is 2. The predicted molar refractivity (Wildman–Crippen MR) is 209 cm³/mol. The Hall–Kier alpha value is -1.85. The number of ether oxygens (including phenoxy) is 3. The standard InChI is InChI=1S/C41H73O11P/c1-4-5-6-7-8-9-10-11-14-17-20-23-27-38-39(52-38)28-25-30-40(44)48-33-37(34-50-53(46,47)49-32-36(43)31-42)51-41(45)29-24-21-18-15-12-13-16-19-22-26-35(2)3/h8-9,11,14,20,23,35-39,42-43H,4-7,10,12-13,15-19,21-22,24-34H2,1-3H3,(H,46,47)/b9-8-,14-11-,23-20-/t36-,37+,38?,39?/m0/s1. The van der Waals surface area contributed by atoms with Crippen molar-refractivity contribution in [3.63, 3.8) is 0 Å². The summed E-state index contributed by atoms with van der Waals surface area (Å²) in [4.78, 5) is 35.0. The lowest BCUT2D eigenvalue weighted by atomic mass is 10.0. The number of esters is 2. The van der Waals surface area contributed by atoms with Gasteiger partial charge in [-0.3, -0.25) is 18.6 Å². The first-order valence-electron chi connectivity index (χ1n) is 20.4. The summed E-state index contributed by atoms with van der Waals surface area (Å²) in [6.07, 6.45) is 31.5. The Balaban J connectivity index is 2.33. The number of aliphatic hydroxyl groups excluding tert-OH is 2. The summed E-state index contributed by atoms with van der Waals surface area (Å²) in [6.45, 7) is 4.54. The quantitative estimate of drug-likeness (QED) is 0.0183. The molecule has 0 saturated carbocycles. The van der Waals surface area contributed by atoms with E-state index in [-0.39, 0.29) is 31.7 Å². The summed E-state index contributed by atoms with van der Waals surface area (Å²) in [5, 5.41) is 18.3. The fraction of sp³-hybridized carbons (Fsp3) is 0.805. The van der Waals surface area contributed by atoms with Crippen LogP contribution < -0.4 is 0 Å². The average molecular weight is 773 g/mol. The van der Waals surface area contributed by atoms with Crippen LogP contribution in [0.1, 0.15) is 156 Å². The molecular formula is C41H73O11P. The number of unbranched alkanes of at least 4 members (excludes halogenated alkanes) is 11. The van der Waals surface area contributed by atoms with Crippen molar-refractivity contribution in [2.45, 2.75) is 180 Å². The normalized spacial score (nSPS) is 18.2. The Morgan fingerprint density at radius 3 is 2.00 bits per heavy atom. The lowest BCUT2D eigenvalue weighted by Gasteiger charge is -2.20. The second kappa shape index (κ2) is 32.4. The molecule has 1 fully saturated rings. The van der Waals surface area contributed by atoms with Crippen LogP contribution >= 0.6 is 7.82 Å². The highest BCUT2D eigenvalue weighted by Crippen LogP contribution is 2.43. The van der Waals surface area contributed by atoms with Gasteiger partial charge in [0.15, 0.2) is 6.10 Å². The molecule has 1 aliphatic rings. The highest BCUT2D eigenvalue weighted by atomic mass is 31.2. The van der Waals surface area contributed by atoms with Gasteiger partial charge in [-0.05, 0) is 57.3 Å². The number of rotatable bonds is 36. The largest absolute Gasteiger partial charge is 0.472 e. The lowest BCUT2D eigenvalue weighted by molar-refractivity contribution is -0.161.